The summed E-state index contributed by atoms with van der Waals surface area (Å²) in [5.41, 5.74) is 5.06. The Balaban J connectivity index is 1.43. The van der Waals surface area contributed by atoms with Crippen LogP contribution in [0.3, 0.4) is 0 Å². The smallest absolute Gasteiger partial charge is 0.248 e. The molecule has 3 aromatic rings. The van der Waals surface area contributed by atoms with Crippen molar-refractivity contribution in [2.75, 3.05) is 0 Å². The number of hydrogen-bond donors (Lipinski definition) is 1. The molecule has 152 valence electrons. The van der Waals surface area contributed by atoms with Gasteiger partial charge in [-0.3, -0.25) is 9.78 Å². The number of rotatable bonds is 3. The first kappa shape index (κ1) is 19.0. The first-order chi connectivity index (χ1) is 14.7. The summed E-state index contributed by atoms with van der Waals surface area (Å²) in [5.74, 6) is 1.35. The average Bonchev–Trinajstić information content (AvgIpc) is 2.77. The molecule has 3 nitrogen and oxygen atoms in total. The lowest BCUT2D eigenvalue weighted by atomic mass is 9.64. The summed E-state index contributed by atoms with van der Waals surface area (Å²) >= 11 is 0. The molecule has 30 heavy (non-hydrogen) atoms. The van der Waals surface area contributed by atoms with Crippen LogP contribution in [0.2, 0.25) is 0 Å². The van der Waals surface area contributed by atoms with Crippen LogP contribution in [-0.2, 0) is 6.42 Å². The van der Waals surface area contributed by atoms with Gasteiger partial charge in [-0.1, -0.05) is 37.1 Å². The van der Waals surface area contributed by atoms with Crippen LogP contribution in [0, 0.1) is 17.7 Å². The minimum Gasteiger partial charge on any atom is -0.329 e. The number of aromatic amines is 1. The Morgan fingerprint density at radius 3 is 2.80 bits per heavy atom. The molecule has 0 bridgehead atoms. The zero-order chi connectivity index (χ0) is 20.5. The SMILES string of the molecule is O=c1cc2c(c[nH]1)C(/C=C/c1ccc(-c3cccc(F)c3)cn1)C1CCCCC1C2. The van der Waals surface area contributed by atoms with E-state index in [0.29, 0.717) is 17.8 Å². The molecule has 3 atom stereocenters. The molecular formula is C26H25FN2O. The third kappa shape index (κ3) is 3.74. The van der Waals surface area contributed by atoms with E-state index in [2.05, 4.69) is 22.1 Å². The molecule has 3 unspecified atom stereocenters. The van der Waals surface area contributed by atoms with Gasteiger partial charge in [0, 0.05) is 29.9 Å². The third-order valence-corrected chi connectivity index (χ3v) is 6.74. The maximum absolute atomic E-state index is 13.5. The predicted octanol–water partition coefficient (Wildman–Crippen LogP) is 5.74. The van der Waals surface area contributed by atoms with E-state index in [9.17, 15) is 9.18 Å². The Hall–Kier alpha value is -3.01. The van der Waals surface area contributed by atoms with Crippen molar-refractivity contribution in [2.24, 2.45) is 11.8 Å². The van der Waals surface area contributed by atoms with Crippen LogP contribution in [-0.4, -0.2) is 9.97 Å². The van der Waals surface area contributed by atoms with E-state index in [-0.39, 0.29) is 11.4 Å². The number of H-pyrrole nitrogens is 1. The fourth-order valence-electron chi connectivity index (χ4n) is 5.28. The number of nitrogens with zero attached hydrogens (tertiary/aromatic N) is 1. The van der Waals surface area contributed by atoms with Gasteiger partial charge in [0.05, 0.1) is 5.69 Å². The molecule has 4 heteroatoms. The summed E-state index contributed by atoms with van der Waals surface area (Å²) in [5, 5.41) is 0. The second-order valence-corrected chi connectivity index (χ2v) is 8.56. The highest BCUT2D eigenvalue weighted by Crippen LogP contribution is 2.47. The summed E-state index contributed by atoms with van der Waals surface area (Å²) in [4.78, 5) is 19.3. The van der Waals surface area contributed by atoms with Gasteiger partial charge >= 0.3 is 0 Å². The summed E-state index contributed by atoms with van der Waals surface area (Å²) < 4.78 is 13.5. The number of nitrogens with one attached hydrogen (secondary N) is 1. The molecule has 0 spiro atoms. The van der Waals surface area contributed by atoms with Gasteiger partial charge in [-0.15, -0.1) is 0 Å². The van der Waals surface area contributed by atoms with Crippen molar-refractivity contribution >= 4 is 6.08 Å². The van der Waals surface area contributed by atoms with Gasteiger partial charge in [0.25, 0.3) is 0 Å². The van der Waals surface area contributed by atoms with Crippen molar-refractivity contribution in [1.82, 2.24) is 9.97 Å². The van der Waals surface area contributed by atoms with Gasteiger partial charge in [0.1, 0.15) is 5.82 Å². The molecule has 1 N–H and O–H groups in total. The predicted molar refractivity (Wildman–Crippen MR) is 118 cm³/mol. The van der Waals surface area contributed by atoms with Gasteiger partial charge in [-0.2, -0.15) is 0 Å². The lowest BCUT2D eigenvalue weighted by molar-refractivity contribution is 0.202. The van der Waals surface area contributed by atoms with E-state index in [0.717, 1.165) is 23.2 Å². The zero-order valence-corrected chi connectivity index (χ0v) is 16.9. The number of pyridine rings is 2. The average molecular weight is 400 g/mol. The Morgan fingerprint density at radius 2 is 1.97 bits per heavy atom. The topological polar surface area (TPSA) is 45.8 Å². The Morgan fingerprint density at radius 1 is 1.07 bits per heavy atom. The number of aromatic nitrogens is 2. The van der Waals surface area contributed by atoms with E-state index < -0.39 is 0 Å². The van der Waals surface area contributed by atoms with Crippen LogP contribution in [0.1, 0.15) is 48.4 Å². The largest absolute Gasteiger partial charge is 0.329 e. The lowest BCUT2D eigenvalue weighted by Crippen LogP contribution is -2.32. The van der Waals surface area contributed by atoms with Crippen LogP contribution in [0.25, 0.3) is 17.2 Å². The fraction of sp³-hybridized carbons (Fsp3) is 0.308. The molecule has 0 amide bonds. The molecular weight excluding hydrogens is 375 g/mol. The Kier molecular flexibility index (Phi) is 5.07. The van der Waals surface area contributed by atoms with Crippen molar-refractivity contribution < 1.29 is 4.39 Å². The highest BCUT2D eigenvalue weighted by molar-refractivity contribution is 5.63. The molecule has 2 aromatic heterocycles. The van der Waals surface area contributed by atoms with Crippen LogP contribution >= 0.6 is 0 Å². The Labute approximate surface area is 175 Å². The minimum absolute atomic E-state index is 0.0136. The van der Waals surface area contributed by atoms with E-state index in [1.54, 1.807) is 18.3 Å². The van der Waals surface area contributed by atoms with Crippen molar-refractivity contribution in [2.45, 2.75) is 38.0 Å². The molecule has 0 radical (unpaired) electrons. The summed E-state index contributed by atoms with van der Waals surface area (Å²) in [6.07, 6.45) is 14.2. The van der Waals surface area contributed by atoms with Gasteiger partial charge < -0.3 is 4.98 Å². The van der Waals surface area contributed by atoms with Crippen LogP contribution < -0.4 is 5.56 Å². The standard InChI is InChI=1S/C26H25FN2O/c27-21-6-3-5-17(13-21)19-8-9-22(28-15-19)10-11-24-23-7-2-1-4-18(23)12-20-14-26(30)29-16-25(20)24/h3,5-6,8-11,13-16,18,23-24H,1-2,4,7,12H2,(H,29,30)/b11-10+. The summed E-state index contributed by atoms with van der Waals surface area (Å²) in [6, 6.07) is 12.3. The zero-order valence-electron chi connectivity index (χ0n) is 16.9. The second kappa shape index (κ2) is 8.02. The van der Waals surface area contributed by atoms with Gasteiger partial charge in [-0.25, -0.2) is 4.39 Å². The highest BCUT2D eigenvalue weighted by Gasteiger charge is 2.36. The molecule has 0 saturated heterocycles. The number of allylic oxidation sites excluding steroid dienone is 1. The number of hydrogen-bond acceptors (Lipinski definition) is 2. The van der Waals surface area contributed by atoms with Crippen molar-refractivity contribution in [3.63, 3.8) is 0 Å². The van der Waals surface area contributed by atoms with Crippen LogP contribution in [0.15, 0.2) is 65.7 Å². The highest BCUT2D eigenvalue weighted by atomic mass is 19.1. The minimum atomic E-state index is -0.243. The molecule has 5 rings (SSSR count). The summed E-state index contributed by atoms with van der Waals surface area (Å²) in [6.45, 7) is 0. The Bertz CT molecular complexity index is 1130. The number of fused-ring (bicyclic) bond motifs is 2. The van der Waals surface area contributed by atoms with Gasteiger partial charge in [0.15, 0.2) is 0 Å². The maximum atomic E-state index is 13.5. The van der Waals surface area contributed by atoms with E-state index in [4.69, 9.17) is 0 Å². The third-order valence-electron chi connectivity index (χ3n) is 6.74. The monoisotopic (exact) mass is 400 g/mol. The van der Waals surface area contributed by atoms with E-state index >= 15 is 0 Å². The van der Waals surface area contributed by atoms with Crippen molar-refractivity contribution in [1.29, 1.82) is 0 Å². The quantitative estimate of drug-likeness (QED) is 0.610. The molecule has 1 saturated carbocycles. The van der Waals surface area contributed by atoms with Gasteiger partial charge in [-0.05, 0) is 72.1 Å². The molecule has 2 heterocycles. The van der Waals surface area contributed by atoms with Crippen LogP contribution in [0.4, 0.5) is 4.39 Å². The maximum Gasteiger partial charge on any atom is 0.248 e. The van der Waals surface area contributed by atoms with E-state index in [1.165, 1.54) is 48.9 Å². The fourth-order valence-corrected chi connectivity index (χ4v) is 5.28. The van der Waals surface area contributed by atoms with E-state index in [1.807, 2.05) is 24.4 Å². The van der Waals surface area contributed by atoms with Gasteiger partial charge in [0.2, 0.25) is 5.56 Å². The van der Waals surface area contributed by atoms with Crippen LogP contribution in [0.5, 0.6) is 0 Å². The molecule has 1 fully saturated rings. The second-order valence-electron chi connectivity index (χ2n) is 8.56. The van der Waals surface area contributed by atoms with Crippen molar-refractivity contribution in [3.05, 3.63) is 93.9 Å². The molecule has 1 aromatic carbocycles. The van der Waals surface area contributed by atoms with Crippen molar-refractivity contribution in [3.8, 4) is 11.1 Å². The molecule has 0 aliphatic heterocycles. The molecule has 2 aliphatic rings. The molecule has 2 aliphatic carbocycles. The first-order valence-electron chi connectivity index (χ1n) is 10.8. The normalized spacial score (nSPS) is 23.2. The first-order valence-corrected chi connectivity index (χ1v) is 10.8. The number of halogens is 1. The lowest BCUT2D eigenvalue weighted by Gasteiger charge is -2.41. The number of benzene rings is 1. The summed E-state index contributed by atoms with van der Waals surface area (Å²) in [7, 11) is 0.